The normalized spacial score (nSPS) is 15.7. The molecule has 6 nitrogen and oxygen atoms in total. The molecule has 0 saturated heterocycles. The highest BCUT2D eigenvalue weighted by molar-refractivity contribution is 7.90. The third-order valence-electron chi connectivity index (χ3n) is 4.62. The highest BCUT2D eigenvalue weighted by atomic mass is 32.2. The van der Waals surface area contributed by atoms with Crippen LogP contribution in [0.4, 0.5) is 0 Å². The molecule has 0 spiro atoms. The summed E-state index contributed by atoms with van der Waals surface area (Å²) in [7, 11) is -3.62. The molecule has 1 aliphatic rings. The van der Waals surface area contributed by atoms with Crippen molar-refractivity contribution < 1.29 is 23.1 Å². The largest absolute Gasteiger partial charge is 0.480 e. The summed E-state index contributed by atoms with van der Waals surface area (Å²) in [5.74, 6) is -1.81. The van der Waals surface area contributed by atoms with Crippen molar-refractivity contribution in [3.63, 3.8) is 0 Å². The number of hydrogen-bond acceptors (Lipinski definition) is 4. The van der Waals surface area contributed by atoms with Gasteiger partial charge in [0.1, 0.15) is 5.54 Å². The van der Waals surface area contributed by atoms with E-state index in [1.165, 1.54) is 24.3 Å². The van der Waals surface area contributed by atoms with E-state index in [0.29, 0.717) is 18.4 Å². The van der Waals surface area contributed by atoms with Crippen molar-refractivity contribution >= 4 is 21.7 Å². The first-order valence-electron chi connectivity index (χ1n) is 8.25. The van der Waals surface area contributed by atoms with Crippen LogP contribution in [0.2, 0.25) is 0 Å². The number of carboxylic acids is 1. The standard InChI is InChI=1S/C19H19NO5S/c21-17(20-19(18(22)23)10-5-11-19)15-8-4-9-16(12-15)26(24,25)13-14-6-2-1-3-7-14/h1-4,6-9,12H,5,10-11,13H2,(H,20,21)(H,22,23). The van der Waals surface area contributed by atoms with Gasteiger partial charge in [-0.3, -0.25) is 4.79 Å². The highest BCUT2D eigenvalue weighted by Crippen LogP contribution is 2.32. The molecule has 1 amide bonds. The number of hydrogen-bond donors (Lipinski definition) is 2. The first-order chi connectivity index (χ1) is 12.3. The maximum absolute atomic E-state index is 12.6. The smallest absolute Gasteiger partial charge is 0.329 e. The first-order valence-corrected chi connectivity index (χ1v) is 9.90. The van der Waals surface area contributed by atoms with Crippen LogP contribution in [0.1, 0.15) is 35.2 Å². The minimum Gasteiger partial charge on any atom is -0.480 e. The monoisotopic (exact) mass is 373 g/mol. The predicted molar refractivity (Wildman–Crippen MR) is 95.5 cm³/mol. The Kier molecular flexibility index (Phi) is 4.82. The molecule has 0 atom stereocenters. The van der Waals surface area contributed by atoms with E-state index in [1.54, 1.807) is 30.3 Å². The van der Waals surface area contributed by atoms with Crippen LogP contribution in [0.25, 0.3) is 0 Å². The van der Waals surface area contributed by atoms with Gasteiger partial charge in [-0.15, -0.1) is 0 Å². The van der Waals surface area contributed by atoms with E-state index in [0.717, 1.165) is 6.42 Å². The lowest BCUT2D eigenvalue weighted by Crippen LogP contribution is -2.59. The lowest BCUT2D eigenvalue weighted by molar-refractivity contribution is -0.148. The number of carbonyl (C=O) groups is 2. The van der Waals surface area contributed by atoms with Gasteiger partial charge in [-0.1, -0.05) is 36.4 Å². The molecule has 0 aromatic heterocycles. The fraction of sp³-hybridized carbons (Fsp3) is 0.263. The molecule has 0 unspecified atom stereocenters. The van der Waals surface area contributed by atoms with Crippen LogP contribution >= 0.6 is 0 Å². The maximum atomic E-state index is 12.6. The predicted octanol–water partition coefficient (Wildman–Crippen LogP) is 2.40. The molecule has 7 heteroatoms. The molecule has 1 aliphatic carbocycles. The van der Waals surface area contributed by atoms with E-state index in [-0.39, 0.29) is 16.2 Å². The van der Waals surface area contributed by atoms with Crippen LogP contribution in [-0.2, 0) is 20.4 Å². The fourth-order valence-corrected chi connectivity index (χ4v) is 4.31. The van der Waals surface area contributed by atoms with E-state index < -0.39 is 27.3 Å². The summed E-state index contributed by atoms with van der Waals surface area (Å²) < 4.78 is 25.2. The Morgan fingerprint density at radius 3 is 2.31 bits per heavy atom. The van der Waals surface area contributed by atoms with E-state index in [1.807, 2.05) is 0 Å². The first kappa shape index (κ1) is 18.1. The van der Waals surface area contributed by atoms with Gasteiger partial charge in [0.25, 0.3) is 5.91 Å². The molecule has 2 aromatic carbocycles. The number of rotatable bonds is 6. The van der Waals surface area contributed by atoms with Crippen molar-refractivity contribution in [1.82, 2.24) is 5.32 Å². The fourth-order valence-electron chi connectivity index (χ4n) is 2.92. The van der Waals surface area contributed by atoms with Gasteiger partial charge in [0.05, 0.1) is 10.6 Å². The Bertz CT molecular complexity index is 933. The third-order valence-corrected chi connectivity index (χ3v) is 6.31. The molecule has 0 bridgehead atoms. The average Bonchev–Trinajstić information content (AvgIpc) is 2.58. The lowest BCUT2D eigenvalue weighted by atomic mass is 9.76. The van der Waals surface area contributed by atoms with Crippen LogP contribution in [0, 0.1) is 0 Å². The van der Waals surface area contributed by atoms with Crippen LogP contribution in [0.3, 0.4) is 0 Å². The Morgan fingerprint density at radius 1 is 1.04 bits per heavy atom. The number of amides is 1. The SMILES string of the molecule is O=C(NC1(C(=O)O)CCC1)c1cccc(S(=O)(=O)Cc2ccccc2)c1. The molecule has 2 N–H and O–H groups in total. The second-order valence-electron chi connectivity index (χ2n) is 6.47. The zero-order valence-corrected chi connectivity index (χ0v) is 14.8. The van der Waals surface area contributed by atoms with Crippen molar-refractivity contribution in [2.24, 2.45) is 0 Å². The zero-order chi connectivity index (χ0) is 18.8. The van der Waals surface area contributed by atoms with Gasteiger partial charge in [-0.25, -0.2) is 13.2 Å². The van der Waals surface area contributed by atoms with E-state index >= 15 is 0 Å². The van der Waals surface area contributed by atoms with Crippen molar-refractivity contribution in [2.45, 2.75) is 35.4 Å². The second-order valence-corrected chi connectivity index (χ2v) is 8.46. The van der Waals surface area contributed by atoms with E-state index in [2.05, 4.69) is 5.32 Å². The van der Waals surface area contributed by atoms with Gasteiger partial charge >= 0.3 is 5.97 Å². The Hall–Kier alpha value is -2.67. The number of benzene rings is 2. The molecule has 1 fully saturated rings. The van der Waals surface area contributed by atoms with Crippen LogP contribution < -0.4 is 5.32 Å². The maximum Gasteiger partial charge on any atom is 0.329 e. The van der Waals surface area contributed by atoms with Crippen molar-refractivity contribution in [3.8, 4) is 0 Å². The Labute approximate surface area is 151 Å². The molecule has 136 valence electrons. The summed E-state index contributed by atoms with van der Waals surface area (Å²) in [5, 5.41) is 11.9. The van der Waals surface area contributed by atoms with Gasteiger partial charge in [-0.2, -0.15) is 0 Å². The number of sulfone groups is 1. The van der Waals surface area contributed by atoms with Crippen molar-refractivity contribution in [1.29, 1.82) is 0 Å². The van der Waals surface area contributed by atoms with Crippen LogP contribution in [-0.4, -0.2) is 30.9 Å². The number of carbonyl (C=O) groups excluding carboxylic acids is 1. The van der Waals surface area contributed by atoms with Gasteiger partial charge < -0.3 is 10.4 Å². The molecule has 26 heavy (non-hydrogen) atoms. The van der Waals surface area contributed by atoms with Gasteiger partial charge in [0, 0.05) is 5.56 Å². The van der Waals surface area contributed by atoms with E-state index in [9.17, 15) is 23.1 Å². The molecule has 0 aliphatic heterocycles. The lowest BCUT2D eigenvalue weighted by Gasteiger charge is -2.38. The summed E-state index contributed by atoms with van der Waals surface area (Å²) >= 11 is 0. The number of aliphatic carboxylic acids is 1. The van der Waals surface area contributed by atoms with Gasteiger partial charge in [0.2, 0.25) is 0 Å². The molecule has 2 aromatic rings. The number of nitrogens with one attached hydrogen (secondary N) is 1. The molecule has 3 rings (SSSR count). The molecule has 1 saturated carbocycles. The Balaban J connectivity index is 1.81. The Morgan fingerprint density at radius 2 is 1.73 bits per heavy atom. The van der Waals surface area contributed by atoms with Crippen LogP contribution in [0.5, 0.6) is 0 Å². The van der Waals surface area contributed by atoms with Crippen molar-refractivity contribution in [2.75, 3.05) is 0 Å². The summed E-state index contributed by atoms with van der Waals surface area (Å²) in [6, 6.07) is 14.5. The molecule has 0 radical (unpaired) electrons. The average molecular weight is 373 g/mol. The molecular weight excluding hydrogens is 354 g/mol. The topological polar surface area (TPSA) is 101 Å². The quantitative estimate of drug-likeness (QED) is 0.810. The summed E-state index contributed by atoms with van der Waals surface area (Å²) in [6.07, 6.45) is 1.48. The van der Waals surface area contributed by atoms with Crippen LogP contribution in [0.15, 0.2) is 59.5 Å². The molecule has 0 heterocycles. The minimum atomic E-state index is -3.62. The van der Waals surface area contributed by atoms with Gasteiger partial charge in [0.15, 0.2) is 9.84 Å². The number of carboxylic acid groups (broad SMARTS) is 1. The summed E-state index contributed by atoms with van der Waals surface area (Å²) in [4.78, 5) is 23.8. The van der Waals surface area contributed by atoms with E-state index in [4.69, 9.17) is 0 Å². The summed E-state index contributed by atoms with van der Waals surface area (Å²) in [5.41, 5.74) is -0.455. The van der Waals surface area contributed by atoms with Crippen molar-refractivity contribution in [3.05, 3.63) is 65.7 Å². The second kappa shape index (κ2) is 6.92. The summed E-state index contributed by atoms with van der Waals surface area (Å²) in [6.45, 7) is 0. The zero-order valence-electron chi connectivity index (χ0n) is 14.0. The van der Waals surface area contributed by atoms with Gasteiger partial charge in [-0.05, 0) is 43.0 Å². The highest BCUT2D eigenvalue weighted by Gasteiger charge is 2.45. The minimum absolute atomic E-state index is 0.0342. The third kappa shape index (κ3) is 3.62. The molecular formula is C19H19NO5S.